The Hall–Kier alpha value is -2.28. The van der Waals surface area contributed by atoms with Crippen molar-refractivity contribution in [2.75, 3.05) is 0 Å². The van der Waals surface area contributed by atoms with E-state index >= 15 is 0 Å². The highest BCUT2D eigenvalue weighted by Gasteiger charge is 2.30. The van der Waals surface area contributed by atoms with Gasteiger partial charge in [0.15, 0.2) is 24.4 Å². The Bertz CT molecular complexity index is 304. The van der Waals surface area contributed by atoms with E-state index in [1.165, 1.54) is 0 Å². The summed E-state index contributed by atoms with van der Waals surface area (Å²) in [5.74, 6) is -7.07. The maximum absolute atomic E-state index is 9.77. The van der Waals surface area contributed by atoms with Crippen LogP contribution < -0.4 is 0 Å². The zero-order valence-corrected chi connectivity index (χ0v) is 9.52. The van der Waals surface area contributed by atoms with Crippen LogP contribution in [0.5, 0.6) is 0 Å². The number of carboxylic acid groups (broad SMARTS) is 4. The largest absolute Gasteiger partial charge is 0.479 e. The van der Waals surface area contributed by atoms with E-state index in [0.29, 0.717) is 0 Å². The van der Waals surface area contributed by atoms with E-state index in [1.54, 1.807) is 0 Å². The quantitative estimate of drug-likeness (QED) is 0.233. The van der Waals surface area contributed by atoms with E-state index in [0.717, 1.165) is 0 Å². The first kappa shape index (κ1) is 20.0. The van der Waals surface area contributed by atoms with E-state index in [4.69, 9.17) is 40.9 Å². The van der Waals surface area contributed by atoms with Crippen LogP contribution in [0, 0.1) is 0 Å². The van der Waals surface area contributed by atoms with Gasteiger partial charge >= 0.3 is 23.9 Å². The van der Waals surface area contributed by atoms with Gasteiger partial charge in [-0.15, -0.1) is 0 Å². The molecule has 0 heterocycles. The third-order valence-corrected chi connectivity index (χ3v) is 1.61. The van der Waals surface area contributed by atoms with E-state index in [9.17, 15) is 19.2 Å². The molecule has 0 fully saturated rings. The minimum absolute atomic E-state index is 1.77. The van der Waals surface area contributed by atoms with Crippen molar-refractivity contribution in [2.24, 2.45) is 0 Å². The van der Waals surface area contributed by atoms with Gasteiger partial charge in [0.25, 0.3) is 0 Å². The van der Waals surface area contributed by atoms with Gasteiger partial charge in [-0.3, -0.25) is 0 Å². The lowest BCUT2D eigenvalue weighted by Gasteiger charge is -2.07. The van der Waals surface area contributed by atoms with Gasteiger partial charge < -0.3 is 40.9 Å². The molecule has 0 aliphatic carbocycles. The maximum Gasteiger partial charge on any atom is 0.335 e. The SMILES string of the molecule is O=C(O)C(O)[C@@H](O)C(=O)O.O=C(O)C(O)[C@H](O)C(=O)O. The van der Waals surface area contributed by atoms with Gasteiger partial charge in [0.05, 0.1) is 0 Å². The van der Waals surface area contributed by atoms with Crippen LogP contribution in [0.3, 0.4) is 0 Å². The number of hydrogen-bond donors (Lipinski definition) is 8. The van der Waals surface area contributed by atoms with Gasteiger partial charge in [-0.2, -0.15) is 0 Å². The summed E-state index contributed by atoms with van der Waals surface area (Å²) in [7, 11) is 0. The van der Waals surface area contributed by atoms with Crippen molar-refractivity contribution in [1.29, 1.82) is 0 Å². The Balaban J connectivity index is 0. The van der Waals surface area contributed by atoms with Crippen LogP contribution in [-0.4, -0.2) is 89.1 Å². The summed E-state index contributed by atoms with van der Waals surface area (Å²) in [4.78, 5) is 39.1. The van der Waals surface area contributed by atoms with Crippen molar-refractivity contribution in [1.82, 2.24) is 0 Å². The monoisotopic (exact) mass is 300 g/mol. The van der Waals surface area contributed by atoms with Crippen LogP contribution in [0.4, 0.5) is 0 Å². The normalized spacial score (nSPS) is 15.8. The summed E-state index contributed by atoms with van der Waals surface area (Å²) in [6.07, 6.45) is -9.06. The highest BCUT2D eigenvalue weighted by Crippen LogP contribution is 1.93. The van der Waals surface area contributed by atoms with Gasteiger partial charge in [-0.25, -0.2) is 19.2 Å². The van der Waals surface area contributed by atoms with Crippen molar-refractivity contribution in [3.63, 3.8) is 0 Å². The molecule has 0 aromatic rings. The van der Waals surface area contributed by atoms with Gasteiger partial charge in [0.1, 0.15) is 0 Å². The van der Waals surface area contributed by atoms with Crippen LogP contribution in [0.1, 0.15) is 0 Å². The standard InChI is InChI=1S/2C4H6O6/c2*5-1(3(7)8)2(6)4(9)10/h2*1-2,5-6H,(H,7,8)(H,9,10)/t2*1-,2?/m10/s1. The highest BCUT2D eigenvalue weighted by molar-refractivity contribution is 5.83. The first-order chi connectivity index (χ1) is 8.93. The van der Waals surface area contributed by atoms with Crippen LogP contribution in [-0.2, 0) is 19.2 Å². The van der Waals surface area contributed by atoms with Gasteiger partial charge in [0, 0.05) is 0 Å². The van der Waals surface area contributed by atoms with Gasteiger partial charge in [-0.05, 0) is 0 Å². The molecule has 0 amide bonds. The van der Waals surface area contributed by atoms with Gasteiger partial charge in [0.2, 0.25) is 0 Å². The number of aliphatic hydroxyl groups excluding tert-OH is 4. The minimum Gasteiger partial charge on any atom is -0.479 e. The molecule has 12 heteroatoms. The molecule has 0 aliphatic rings. The molecule has 116 valence electrons. The number of hydrogen-bond acceptors (Lipinski definition) is 8. The average molecular weight is 300 g/mol. The summed E-state index contributed by atoms with van der Waals surface area (Å²) >= 11 is 0. The Morgan fingerprint density at radius 2 is 0.550 bits per heavy atom. The molecular formula is C8H12O12. The summed E-state index contributed by atoms with van der Waals surface area (Å²) in [6, 6.07) is 0. The number of aliphatic carboxylic acids is 4. The fourth-order valence-electron chi connectivity index (χ4n) is 0.540. The van der Waals surface area contributed by atoms with E-state index in [2.05, 4.69) is 0 Å². The molecule has 0 saturated carbocycles. The molecule has 0 rings (SSSR count). The van der Waals surface area contributed by atoms with Crippen LogP contribution in [0.25, 0.3) is 0 Å². The molecule has 0 aliphatic heterocycles. The molecule has 12 nitrogen and oxygen atoms in total. The number of carbonyl (C=O) groups is 4. The summed E-state index contributed by atoms with van der Waals surface area (Å²) < 4.78 is 0. The molecule has 0 radical (unpaired) electrons. The average Bonchev–Trinajstić information content (AvgIpc) is 2.35. The Morgan fingerprint density at radius 3 is 0.600 bits per heavy atom. The summed E-state index contributed by atoms with van der Waals surface area (Å²) in [6.45, 7) is 0. The van der Waals surface area contributed by atoms with Crippen molar-refractivity contribution in [3.05, 3.63) is 0 Å². The zero-order chi connectivity index (χ0) is 16.6. The first-order valence-corrected chi connectivity index (χ1v) is 4.57. The van der Waals surface area contributed by atoms with Crippen LogP contribution in [0.2, 0.25) is 0 Å². The molecule has 0 spiro atoms. The molecule has 0 aromatic heterocycles. The lowest BCUT2D eigenvalue weighted by Crippen LogP contribution is -2.39. The second-order valence-corrected chi connectivity index (χ2v) is 3.13. The number of carboxylic acids is 4. The Morgan fingerprint density at radius 1 is 0.450 bits per heavy atom. The molecular weight excluding hydrogens is 288 g/mol. The summed E-state index contributed by atoms with van der Waals surface area (Å²) in [5.41, 5.74) is 0. The second kappa shape index (κ2) is 8.76. The van der Waals surface area contributed by atoms with Crippen LogP contribution in [0.15, 0.2) is 0 Å². The topological polar surface area (TPSA) is 230 Å². The third kappa shape index (κ3) is 7.22. The molecule has 8 N–H and O–H groups in total. The van der Waals surface area contributed by atoms with Crippen molar-refractivity contribution < 1.29 is 60.0 Å². The highest BCUT2D eigenvalue weighted by atomic mass is 16.4. The lowest BCUT2D eigenvalue weighted by molar-refractivity contribution is -0.165. The van der Waals surface area contributed by atoms with Crippen LogP contribution >= 0.6 is 0 Å². The second-order valence-electron chi connectivity index (χ2n) is 3.13. The molecule has 4 atom stereocenters. The predicted octanol–water partition coefficient (Wildman–Crippen LogP) is -4.25. The number of rotatable bonds is 6. The first-order valence-electron chi connectivity index (χ1n) is 4.57. The Kier molecular flexibility index (Phi) is 8.78. The van der Waals surface area contributed by atoms with Crippen molar-refractivity contribution in [3.8, 4) is 0 Å². The van der Waals surface area contributed by atoms with E-state index < -0.39 is 48.3 Å². The Labute approximate surface area is 109 Å². The molecule has 0 saturated heterocycles. The van der Waals surface area contributed by atoms with E-state index in [-0.39, 0.29) is 0 Å². The summed E-state index contributed by atoms with van der Waals surface area (Å²) in [5, 5.41) is 65.1. The van der Waals surface area contributed by atoms with Crippen molar-refractivity contribution >= 4 is 23.9 Å². The third-order valence-electron chi connectivity index (χ3n) is 1.61. The molecule has 2 unspecified atom stereocenters. The smallest absolute Gasteiger partial charge is 0.335 e. The predicted molar refractivity (Wildman–Crippen MR) is 54.6 cm³/mol. The van der Waals surface area contributed by atoms with Crippen molar-refractivity contribution in [2.45, 2.75) is 24.4 Å². The molecule has 0 bridgehead atoms. The minimum atomic E-state index is -2.27. The lowest BCUT2D eigenvalue weighted by atomic mass is 10.2. The number of aliphatic hydroxyl groups is 4. The van der Waals surface area contributed by atoms with E-state index in [1.807, 2.05) is 0 Å². The molecule has 20 heavy (non-hydrogen) atoms. The zero-order valence-electron chi connectivity index (χ0n) is 9.52. The molecule has 0 aromatic carbocycles. The maximum atomic E-state index is 9.77. The fraction of sp³-hybridized carbons (Fsp3) is 0.500. The van der Waals surface area contributed by atoms with Gasteiger partial charge in [-0.1, -0.05) is 0 Å². The fourth-order valence-corrected chi connectivity index (χ4v) is 0.540.